The second-order valence-corrected chi connectivity index (χ2v) is 7.53. The van der Waals surface area contributed by atoms with Crippen molar-refractivity contribution < 1.29 is 13.2 Å². The molecule has 1 aliphatic rings. The summed E-state index contributed by atoms with van der Waals surface area (Å²) in [7, 11) is -1.34. The molecule has 1 aromatic rings. The Hall–Kier alpha value is -1.27. The van der Waals surface area contributed by atoms with Gasteiger partial charge in [-0.1, -0.05) is 23.7 Å². The number of benzene rings is 1. The van der Waals surface area contributed by atoms with E-state index < -0.39 is 9.84 Å². The van der Waals surface area contributed by atoms with Crippen LogP contribution in [0.4, 0.5) is 5.69 Å². The molecular formula is C13H17ClN2O3S. The van der Waals surface area contributed by atoms with Crippen LogP contribution in [0.25, 0.3) is 0 Å². The number of likely N-dealkylation sites (N-methyl/N-ethyl adjacent to an activating group) is 1. The molecule has 2 rings (SSSR count). The second kappa shape index (κ2) is 6.01. The van der Waals surface area contributed by atoms with Crippen LogP contribution in [0.15, 0.2) is 24.3 Å². The van der Waals surface area contributed by atoms with E-state index in [0.717, 1.165) is 0 Å². The van der Waals surface area contributed by atoms with E-state index in [2.05, 4.69) is 5.32 Å². The van der Waals surface area contributed by atoms with Crippen molar-refractivity contribution in [3.05, 3.63) is 29.3 Å². The van der Waals surface area contributed by atoms with Crippen LogP contribution < -0.4 is 5.32 Å². The standard InChI is InChI=1S/C13H17ClN2O3S/c1-16(10-6-7-20(18,19)9-10)13(17)8-15-12-5-3-2-4-11(12)14/h2-5,10,15H,6-9H2,1H3. The molecule has 20 heavy (non-hydrogen) atoms. The Balaban J connectivity index is 1.91. The van der Waals surface area contributed by atoms with E-state index >= 15 is 0 Å². The maximum Gasteiger partial charge on any atom is 0.241 e. The number of anilines is 1. The van der Waals surface area contributed by atoms with Gasteiger partial charge in [0.15, 0.2) is 9.84 Å². The Labute approximate surface area is 123 Å². The number of carbonyl (C=O) groups excluding carboxylic acids is 1. The summed E-state index contributed by atoms with van der Waals surface area (Å²) >= 11 is 5.99. The molecule has 7 heteroatoms. The Morgan fingerprint density at radius 1 is 1.45 bits per heavy atom. The third kappa shape index (κ3) is 3.64. The Kier molecular flexibility index (Phi) is 4.55. The summed E-state index contributed by atoms with van der Waals surface area (Å²) in [6, 6.07) is 6.94. The Morgan fingerprint density at radius 3 is 2.75 bits per heavy atom. The van der Waals surface area contributed by atoms with Gasteiger partial charge in [0.2, 0.25) is 5.91 Å². The summed E-state index contributed by atoms with van der Waals surface area (Å²) in [6.45, 7) is 0.0940. The van der Waals surface area contributed by atoms with Gasteiger partial charge in [-0.2, -0.15) is 0 Å². The van der Waals surface area contributed by atoms with Gasteiger partial charge in [-0.25, -0.2) is 8.42 Å². The van der Waals surface area contributed by atoms with Gasteiger partial charge < -0.3 is 10.2 Å². The van der Waals surface area contributed by atoms with Crippen molar-refractivity contribution in [1.29, 1.82) is 0 Å². The molecule has 1 saturated heterocycles. The first-order valence-electron chi connectivity index (χ1n) is 6.33. The third-order valence-corrected chi connectivity index (χ3v) is 5.53. The molecule has 5 nitrogen and oxygen atoms in total. The van der Waals surface area contributed by atoms with Gasteiger partial charge >= 0.3 is 0 Å². The van der Waals surface area contributed by atoms with Crippen LogP contribution in [0, 0.1) is 0 Å². The summed E-state index contributed by atoms with van der Waals surface area (Å²) in [5.74, 6) is 0.0705. The largest absolute Gasteiger partial charge is 0.375 e. The van der Waals surface area contributed by atoms with Gasteiger partial charge in [-0.15, -0.1) is 0 Å². The fourth-order valence-corrected chi connectivity index (χ4v) is 4.16. The molecule has 1 aromatic carbocycles. The molecule has 0 spiro atoms. The van der Waals surface area contributed by atoms with Crippen molar-refractivity contribution in [3.8, 4) is 0 Å². The number of nitrogens with one attached hydrogen (secondary N) is 1. The average Bonchev–Trinajstić information content (AvgIpc) is 2.77. The van der Waals surface area contributed by atoms with E-state index in [1.807, 2.05) is 12.1 Å². The molecule has 1 unspecified atom stereocenters. The van der Waals surface area contributed by atoms with E-state index in [9.17, 15) is 13.2 Å². The van der Waals surface area contributed by atoms with Crippen LogP contribution in [0.3, 0.4) is 0 Å². The predicted molar refractivity (Wildman–Crippen MR) is 79.8 cm³/mol. The van der Waals surface area contributed by atoms with E-state index in [-0.39, 0.29) is 30.0 Å². The molecule has 110 valence electrons. The normalized spacial score (nSPS) is 20.6. The number of carbonyl (C=O) groups is 1. The number of amides is 1. The van der Waals surface area contributed by atoms with E-state index in [4.69, 9.17) is 11.6 Å². The second-order valence-electron chi connectivity index (χ2n) is 4.89. The van der Waals surface area contributed by atoms with Crippen LogP contribution in [-0.2, 0) is 14.6 Å². The highest BCUT2D eigenvalue weighted by Gasteiger charge is 2.32. The highest BCUT2D eigenvalue weighted by molar-refractivity contribution is 7.91. The van der Waals surface area contributed by atoms with Crippen LogP contribution in [0.2, 0.25) is 5.02 Å². The molecule has 0 saturated carbocycles. The van der Waals surface area contributed by atoms with Crippen molar-refractivity contribution >= 4 is 33.0 Å². The number of rotatable bonds is 4. The molecule has 1 atom stereocenters. The van der Waals surface area contributed by atoms with Crippen LogP contribution >= 0.6 is 11.6 Å². The van der Waals surface area contributed by atoms with Crippen molar-refractivity contribution in [1.82, 2.24) is 4.90 Å². The van der Waals surface area contributed by atoms with Crippen molar-refractivity contribution in [2.75, 3.05) is 30.4 Å². The first-order valence-corrected chi connectivity index (χ1v) is 8.53. The smallest absolute Gasteiger partial charge is 0.241 e. The van der Waals surface area contributed by atoms with Crippen molar-refractivity contribution in [2.45, 2.75) is 12.5 Å². The first kappa shape index (κ1) is 15.1. The molecular weight excluding hydrogens is 300 g/mol. The predicted octanol–water partition coefficient (Wildman–Crippen LogP) is 1.40. The van der Waals surface area contributed by atoms with Gasteiger partial charge in [-0.3, -0.25) is 4.79 Å². The summed E-state index contributed by atoms with van der Waals surface area (Å²) in [6.07, 6.45) is 0.511. The lowest BCUT2D eigenvalue weighted by Gasteiger charge is -2.23. The zero-order valence-corrected chi connectivity index (χ0v) is 12.7. The number of halogens is 1. The lowest BCUT2D eigenvalue weighted by Crippen LogP contribution is -2.40. The van der Waals surface area contributed by atoms with Crippen LogP contribution in [0.1, 0.15) is 6.42 Å². The van der Waals surface area contributed by atoms with Gasteiger partial charge in [0.1, 0.15) is 0 Å². The van der Waals surface area contributed by atoms with E-state index in [1.54, 1.807) is 19.2 Å². The molecule has 0 bridgehead atoms. The zero-order valence-electron chi connectivity index (χ0n) is 11.2. The molecule has 0 aliphatic carbocycles. The fraction of sp³-hybridized carbons (Fsp3) is 0.462. The third-order valence-electron chi connectivity index (χ3n) is 3.45. The molecule has 1 amide bonds. The number of hydrogen-bond donors (Lipinski definition) is 1. The van der Waals surface area contributed by atoms with Gasteiger partial charge in [-0.05, 0) is 18.6 Å². The molecule has 0 radical (unpaired) electrons. The van der Waals surface area contributed by atoms with E-state index in [1.165, 1.54) is 4.90 Å². The number of hydrogen-bond acceptors (Lipinski definition) is 4. The SMILES string of the molecule is CN(C(=O)CNc1ccccc1Cl)C1CCS(=O)(=O)C1. The lowest BCUT2D eigenvalue weighted by atomic mass is 10.2. The minimum absolute atomic E-state index is 0.0569. The highest BCUT2D eigenvalue weighted by Crippen LogP contribution is 2.20. The summed E-state index contributed by atoms with van der Waals surface area (Å²) in [5.41, 5.74) is 0.690. The maximum absolute atomic E-state index is 12.1. The van der Waals surface area contributed by atoms with Crippen LogP contribution in [-0.4, -0.2) is 50.4 Å². The summed E-state index contributed by atoms with van der Waals surface area (Å²) < 4.78 is 22.8. The Bertz CT molecular complexity index is 603. The minimum atomic E-state index is -2.98. The molecule has 0 aromatic heterocycles. The zero-order chi connectivity index (χ0) is 14.8. The first-order chi connectivity index (χ1) is 9.39. The molecule has 1 fully saturated rings. The topological polar surface area (TPSA) is 66.5 Å². The number of para-hydroxylation sites is 1. The van der Waals surface area contributed by atoms with Gasteiger partial charge in [0, 0.05) is 13.1 Å². The highest BCUT2D eigenvalue weighted by atomic mass is 35.5. The number of nitrogens with zero attached hydrogens (tertiary/aromatic N) is 1. The molecule has 1 aliphatic heterocycles. The maximum atomic E-state index is 12.1. The quantitative estimate of drug-likeness (QED) is 0.912. The minimum Gasteiger partial charge on any atom is -0.375 e. The molecule has 1 N–H and O–H groups in total. The summed E-state index contributed by atoms with van der Waals surface area (Å²) in [5, 5.41) is 3.51. The summed E-state index contributed by atoms with van der Waals surface area (Å²) in [4.78, 5) is 13.6. The fourth-order valence-electron chi connectivity index (χ4n) is 2.18. The van der Waals surface area contributed by atoms with Gasteiger partial charge in [0.05, 0.1) is 28.8 Å². The molecule has 1 heterocycles. The van der Waals surface area contributed by atoms with Gasteiger partial charge in [0.25, 0.3) is 0 Å². The Morgan fingerprint density at radius 2 is 2.15 bits per heavy atom. The van der Waals surface area contributed by atoms with Crippen molar-refractivity contribution in [3.63, 3.8) is 0 Å². The van der Waals surface area contributed by atoms with Crippen molar-refractivity contribution in [2.24, 2.45) is 0 Å². The monoisotopic (exact) mass is 316 g/mol. The lowest BCUT2D eigenvalue weighted by molar-refractivity contribution is -0.129. The van der Waals surface area contributed by atoms with Crippen LogP contribution in [0.5, 0.6) is 0 Å². The average molecular weight is 317 g/mol. The van der Waals surface area contributed by atoms with E-state index in [0.29, 0.717) is 17.1 Å². The number of sulfone groups is 1.